The van der Waals surface area contributed by atoms with Crippen molar-refractivity contribution < 1.29 is 27.9 Å². The van der Waals surface area contributed by atoms with Crippen molar-refractivity contribution in [2.45, 2.75) is 68.5 Å². The molecule has 1 aromatic heterocycles. The van der Waals surface area contributed by atoms with E-state index in [2.05, 4.69) is 24.3 Å². The lowest BCUT2D eigenvalue weighted by atomic mass is 9.85. The van der Waals surface area contributed by atoms with Gasteiger partial charge >= 0.3 is 0 Å². The number of hydroxylamine groups is 1. The van der Waals surface area contributed by atoms with E-state index in [1.54, 1.807) is 18.2 Å². The number of carbonyl (C=O) groups is 1. The molecule has 1 aliphatic carbocycles. The van der Waals surface area contributed by atoms with Gasteiger partial charge in [0.15, 0.2) is 5.03 Å². The van der Waals surface area contributed by atoms with Gasteiger partial charge in [-0.05, 0) is 79.5 Å². The second-order valence-electron chi connectivity index (χ2n) is 9.35. The number of carbonyl (C=O) groups excluding carboxylic acids is 1. The number of hydrogen-bond donors (Lipinski definition) is 2. The molecule has 0 bridgehead atoms. The van der Waals surface area contributed by atoms with Crippen LogP contribution < -0.4 is 10.2 Å². The molecule has 9 nitrogen and oxygen atoms in total. The number of hydrazine groups is 1. The van der Waals surface area contributed by atoms with E-state index >= 15 is 0 Å². The highest BCUT2D eigenvalue weighted by Crippen LogP contribution is 2.29. The fourth-order valence-corrected chi connectivity index (χ4v) is 5.31. The molecular weight excluding hydrogens is 506 g/mol. The predicted octanol–water partition coefficient (Wildman–Crippen LogP) is 4.19. The van der Waals surface area contributed by atoms with Gasteiger partial charge < -0.3 is 9.47 Å². The summed E-state index contributed by atoms with van der Waals surface area (Å²) in [7, 11) is -2.34. The number of aromatic nitrogens is 1. The number of nitrogens with one attached hydrogen (secondary N) is 1. The fraction of sp³-hybridized carbons (Fsp3) is 0.520. The van der Waals surface area contributed by atoms with Gasteiger partial charge in [-0.3, -0.25) is 15.4 Å². The minimum atomic E-state index is -3.84. The van der Waals surface area contributed by atoms with Crippen LogP contribution in [0.5, 0.6) is 5.75 Å². The smallest absolute Gasteiger partial charge is 0.236 e. The maximum Gasteiger partial charge on any atom is 0.236 e. The van der Waals surface area contributed by atoms with E-state index in [4.69, 9.17) is 9.47 Å². The average molecular weight is 542 g/mol. The Morgan fingerprint density at radius 1 is 1.17 bits per heavy atom. The quantitative estimate of drug-likeness (QED) is 0.407. The Morgan fingerprint density at radius 2 is 1.83 bits per heavy atom. The fourth-order valence-electron chi connectivity index (χ4n) is 4.07. The van der Waals surface area contributed by atoms with Crippen molar-refractivity contribution in [2.24, 2.45) is 11.8 Å². The summed E-state index contributed by atoms with van der Waals surface area (Å²) >= 11 is 0. The van der Waals surface area contributed by atoms with Crippen LogP contribution in [0.4, 0.5) is 0 Å². The molecule has 1 fully saturated rings. The Labute approximate surface area is 219 Å². The predicted molar refractivity (Wildman–Crippen MR) is 137 cm³/mol. The number of rotatable bonds is 11. The number of hydrogen-bond acceptors (Lipinski definition) is 8. The molecule has 0 radical (unpaired) electrons. The Hall–Kier alpha value is -2.24. The molecule has 1 saturated carbocycles. The number of sulfone groups is 1. The van der Waals surface area contributed by atoms with E-state index in [0.717, 1.165) is 32.3 Å². The van der Waals surface area contributed by atoms with E-state index < -0.39 is 9.84 Å². The average Bonchev–Trinajstić information content (AvgIpc) is 2.83. The summed E-state index contributed by atoms with van der Waals surface area (Å²) < 4.78 is 36.8. The van der Waals surface area contributed by atoms with Crippen LogP contribution >= 0.6 is 12.4 Å². The highest BCUT2D eigenvalue weighted by molar-refractivity contribution is 7.91. The monoisotopic (exact) mass is 541 g/mol. The van der Waals surface area contributed by atoms with Gasteiger partial charge in [-0.25, -0.2) is 13.4 Å². The van der Waals surface area contributed by atoms with Crippen LogP contribution in [-0.2, 0) is 25.9 Å². The third-order valence-corrected chi connectivity index (χ3v) is 7.63. The topological polar surface area (TPSA) is 118 Å². The van der Waals surface area contributed by atoms with E-state index in [1.165, 1.54) is 31.5 Å². The van der Waals surface area contributed by atoms with Crippen LogP contribution in [-0.4, -0.2) is 49.5 Å². The van der Waals surface area contributed by atoms with Gasteiger partial charge in [0.2, 0.25) is 15.7 Å². The first kappa shape index (κ1) is 30.0. The Balaban J connectivity index is 0.00000456. The molecule has 36 heavy (non-hydrogen) atoms. The maximum absolute atomic E-state index is 12.9. The second kappa shape index (κ2) is 13.9. The maximum atomic E-state index is 12.9. The summed E-state index contributed by atoms with van der Waals surface area (Å²) in [4.78, 5) is 16.5. The first-order valence-electron chi connectivity index (χ1n) is 11.9. The molecule has 3 rings (SSSR count). The number of benzene rings is 1. The molecular formula is C25H36ClN3O6S. The first-order chi connectivity index (χ1) is 16.7. The van der Waals surface area contributed by atoms with E-state index in [-0.39, 0.29) is 46.8 Å². The van der Waals surface area contributed by atoms with Crippen molar-refractivity contribution in [1.29, 1.82) is 0 Å². The minimum Gasteiger partial charge on any atom is -0.497 e. The number of pyridine rings is 1. The van der Waals surface area contributed by atoms with Gasteiger partial charge in [-0.2, -0.15) is 0 Å². The number of ether oxygens (including phenoxy) is 2. The lowest BCUT2D eigenvalue weighted by Gasteiger charge is -2.29. The summed E-state index contributed by atoms with van der Waals surface area (Å²) in [6.07, 6.45) is 5.66. The van der Waals surface area contributed by atoms with Crippen molar-refractivity contribution >= 4 is 28.2 Å². The standard InChI is InChI=1S/C25H35N3O6S.ClH/c1-18(2)17-34-22-6-4-19(5-7-22)14-24(29)27-28(30)16-20-12-13-26-25(15-20)35(31,32)23-10-8-21(33-3)9-11-23;/h8-13,15,18-19,22,30H,4-7,14,16-17H2,1-3H3,(H,27,29);1H/t19-,22-;. The summed E-state index contributed by atoms with van der Waals surface area (Å²) in [6.45, 7) is 4.93. The third kappa shape index (κ3) is 8.70. The van der Waals surface area contributed by atoms with Gasteiger partial charge in [-0.1, -0.05) is 19.0 Å². The Bertz CT molecular complexity index is 1070. The summed E-state index contributed by atoms with van der Waals surface area (Å²) in [5, 5.41) is 10.8. The SMILES string of the molecule is COc1ccc(S(=O)(=O)c2cc(CN(O)NC(=O)C[C@H]3CC[C@H](OCC(C)C)CC3)ccn2)cc1.Cl. The molecule has 2 N–H and O–H groups in total. The summed E-state index contributed by atoms with van der Waals surface area (Å²) in [5.41, 5.74) is 2.95. The number of methoxy groups -OCH3 is 1. The van der Waals surface area contributed by atoms with Gasteiger partial charge in [0.05, 0.1) is 24.7 Å². The number of amides is 1. The van der Waals surface area contributed by atoms with Gasteiger partial charge in [-0.15, -0.1) is 12.4 Å². The molecule has 0 aliphatic heterocycles. The van der Waals surface area contributed by atoms with Crippen LogP contribution in [0.25, 0.3) is 0 Å². The van der Waals surface area contributed by atoms with Crippen LogP contribution in [0.1, 0.15) is 51.5 Å². The van der Waals surface area contributed by atoms with Gasteiger partial charge in [0.25, 0.3) is 0 Å². The number of halogens is 1. The van der Waals surface area contributed by atoms with Crippen molar-refractivity contribution in [3.8, 4) is 5.75 Å². The van der Waals surface area contributed by atoms with E-state index in [1.807, 2.05) is 0 Å². The van der Waals surface area contributed by atoms with Crippen LogP contribution in [0, 0.1) is 11.8 Å². The van der Waals surface area contributed by atoms with Crippen LogP contribution in [0.15, 0.2) is 52.5 Å². The van der Waals surface area contributed by atoms with Crippen LogP contribution in [0.2, 0.25) is 0 Å². The van der Waals surface area contributed by atoms with E-state index in [9.17, 15) is 18.4 Å². The lowest BCUT2D eigenvalue weighted by Crippen LogP contribution is -2.40. The molecule has 0 saturated heterocycles. The van der Waals surface area contributed by atoms with Crippen molar-refractivity contribution in [3.63, 3.8) is 0 Å². The lowest BCUT2D eigenvalue weighted by molar-refractivity contribution is -0.166. The van der Waals surface area contributed by atoms with E-state index in [0.29, 0.717) is 28.8 Å². The second-order valence-corrected chi connectivity index (χ2v) is 11.2. The normalized spacial score (nSPS) is 18.1. The number of nitrogens with zero attached hydrogens (tertiary/aromatic N) is 2. The molecule has 1 aliphatic rings. The molecule has 200 valence electrons. The zero-order valence-electron chi connectivity index (χ0n) is 20.9. The Morgan fingerprint density at radius 3 is 2.44 bits per heavy atom. The minimum absolute atomic E-state index is 0. The third-order valence-electron chi connectivity index (χ3n) is 5.96. The molecule has 0 atom stereocenters. The van der Waals surface area contributed by atoms with Gasteiger partial charge in [0, 0.05) is 19.2 Å². The molecule has 1 aromatic carbocycles. The zero-order chi connectivity index (χ0) is 25.4. The highest BCUT2D eigenvalue weighted by atomic mass is 35.5. The Kier molecular flexibility index (Phi) is 11.6. The molecule has 2 aromatic rings. The van der Waals surface area contributed by atoms with Crippen molar-refractivity contribution in [3.05, 3.63) is 48.2 Å². The molecule has 0 unspecified atom stereocenters. The molecule has 0 spiro atoms. The van der Waals surface area contributed by atoms with Crippen molar-refractivity contribution in [1.82, 2.24) is 15.6 Å². The molecule has 1 heterocycles. The molecule has 11 heteroatoms. The highest BCUT2D eigenvalue weighted by Gasteiger charge is 2.24. The summed E-state index contributed by atoms with van der Waals surface area (Å²) in [6, 6.07) is 8.99. The molecule has 1 amide bonds. The van der Waals surface area contributed by atoms with Gasteiger partial charge in [0.1, 0.15) is 5.75 Å². The first-order valence-corrected chi connectivity index (χ1v) is 13.4. The van der Waals surface area contributed by atoms with Crippen LogP contribution in [0.3, 0.4) is 0 Å². The van der Waals surface area contributed by atoms with Crippen molar-refractivity contribution in [2.75, 3.05) is 13.7 Å². The summed E-state index contributed by atoms with van der Waals surface area (Å²) in [5.74, 6) is 1.03. The zero-order valence-corrected chi connectivity index (χ0v) is 22.6. The largest absolute Gasteiger partial charge is 0.497 e.